The molecule has 24 heteroatoms. The number of halogens is 3. The Morgan fingerprint density at radius 1 is 0.835 bits per heavy atom. The second-order valence-corrected chi connectivity index (χ2v) is 22.8. The Labute approximate surface area is 500 Å². The third-order valence-corrected chi connectivity index (χ3v) is 17.4. The molecular weight excluding hydrogens is 1160 g/mol. The summed E-state index contributed by atoms with van der Waals surface area (Å²) in [7, 11) is 2.09. The van der Waals surface area contributed by atoms with Gasteiger partial charge in [0.15, 0.2) is 23.8 Å². The Bertz CT molecular complexity index is 3810. The number of carbonyl (C=O) groups is 2. The average Bonchev–Trinajstić information content (AvgIpc) is 2.41. The van der Waals surface area contributed by atoms with E-state index in [4.69, 9.17) is 66.1 Å². The van der Waals surface area contributed by atoms with Gasteiger partial charge in [-0.3, -0.25) is 15.0 Å². The topological polar surface area (TPSA) is 229 Å². The number of nitro groups is 1. The molecule has 438 valence electrons. The second-order valence-electron chi connectivity index (χ2n) is 21.0. The van der Waals surface area contributed by atoms with Crippen LogP contribution in [0.5, 0.6) is 28.9 Å². The van der Waals surface area contributed by atoms with Crippen LogP contribution in [0.15, 0.2) is 110 Å². The number of carbonyl (C=O) groups excluding carboxylic acids is 1. The first-order valence-corrected chi connectivity index (χ1v) is 28.8. The van der Waals surface area contributed by atoms with Crippen LogP contribution in [0.4, 0.5) is 10.1 Å². The van der Waals surface area contributed by atoms with Crippen molar-refractivity contribution in [3.63, 3.8) is 0 Å². The number of benzene rings is 5. The highest BCUT2D eigenvalue weighted by Crippen LogP contribution is 2.53. The third kappa shape index (κ3) is 12.1. The number of piperazine rings is 1. The van der Waals surface area contributed by atoms with Gasteiger partial charge in [-0.1, -0.05) is 35.3 Å². The molecule has 0 unspecified atom stereocenters. The van der Waals surface area contributed by atoms with Gasteiger partial charge in [-0.05, 0) is 116 Å². The molecule has 0 saturated carbocycles. The Morgan fingerprint density at radius 2 is 1.54 bits per heavy atom. The monoisotopic (exact) mass is 1210 g/mol. The molecule has 4 bridgehead atoms. The maximum atomic E-state index is 14.5. The first-order valence-electron chi connectivity index (χ1n) is 27.3. The molecule has 3 aromatic heterocycles. The standard InChI is InChI=1S/C61H54Cl2FN7O13S/c1-32-48-33(2)52(63)55(51(32)62)82-43(26-70-22-20-69(3)21-23-70)28-77-42-16-17-44(37(24-42)25-45(60(72)73)83-58-50-49(48)56(85-59(50)67-31-66-58)34-4-10-38(64)11-5-34)78-27-39-18-19-65-57(68-39)35-8-14-41(15-9-35)81-46-29-79-54-47(30-80-53(46)54)84-61(74)36-6-12-40(13-7-36)71(75)76/h4-19,24,31,43,45-47,53-54H,20-23,25-30H2,1-3H3,(H,72,73)/t43-,45-,46+,47+,53-,54-/m1/s1. The predicted molar refractivity (Wildman–Crippen MR) is 312 cm³/mol. The number of ether oxygens (including phenoxy) is 8. The van der Waals surface area contributed by atoms with E-state index >= 15 is 0 Å². The lowest BCUT2D eigenvalue weighted by atomic mass is 9.92. The number of rotatable bonds is 13. The van der Waals surface area contributed by atoms with Crippen molar-refractivity contribution in [3.05, 3.63) is 164 Å². The molecule has 0 spiro atoms. The normalized spacial score (nSPS) is 20.6. The fourth-order valence-electron chi connectivity index (χ4n) is 10.9. The number of aliphatic carboxylic acids is 1. The van der Waals surface area contributed by atoms with E-state index in [9.17, 15) is 29.2 Å². The van der Waals surface area contributed by atoms with Crippen LogP contribution < -0.4 is 23.7 Å². The zero-order chi connectivity index (χ0) is 59.0. The maximum Gasteiger partial charge on any atom is 0.345 e. The van der Waals surface area contributed by atoms with Gasteiger partial charge < -0.3 is 47.9 Å². The number of esters is 1. The summed E-state index contributed by atoms with van der Waals surface area (Å²) in [4.78, 5) is 61.2. The minimum Gasteiger partial charge on any atom is -0.490 e. The SMILES string of the molecule is Cc1c(Cl)c2c(Cl)c(C)c1-c1c(-c3ccc(F)cc3)sc3ncnc(c13)O[C@@H](C(=O)O)Cc1cc(ccc1OCc1ccnc(-c3ccc(O[C@H]4CO[C@H]5[C@@H]4OC[C@@H]5OC(=O)c4ccc([N+](=O)[O-])cc4)cc3)n1)OC[C@@H](CN1CCN(C)CC1)O2. The van der Waals surface area contributed by atoms with E-state index in [-0.39, 0.29) is 65.8 Å². The molecule has 13 rings (SSSR count). The van der Waals surface area contributed by atoms with Crippen molar-refractivity contribution < 1.29 is 61.9 Å². The van der Waals surface area contributed by atoms with Gasteiger partial charge in [-0.15, -0.1) is 11.3 Å². The lowest BCUT2D eigenvalue weighted by molar-refractivity contribution is -0.384. The summed E-state index contributed by atoms with van der Waals surface area (Å²) in [5, 5.41) is 23.0. The summed E-state index contributed by atoms with van der Waals surface area (Å²) in [6, 6.07) is 25.3. The molecule has 0 aliphatic carbocycles. The molecule has 5 aliphatic heterocycles. The van der Waals surface area contributed by atoms with E-state index in [0.717, 1.165) is 26.2 Å². The van der Waals surface area contributed by atoms with Gasteiger partial charge in [-0.2, -0.15) is 0 Å². The fraction of sp³-hybridized carbons (Fsp3) is 0.311. The molecule has 5 aliphatic rings. The Hall–Kier alpha value is -8.09. The smallest absolute Gasteiger partial charge is 0.345 e. The van der Waals surface area contributed by atoms with Gasteiger partial charge in [0.1, 0.15) is 65.7 Å². The van der Waals surface area contributed by atoms with Crippen LogP contribution in [-0.2, 0) is 32.0 Å². The van der Waals surface area contributed by atoms with Gasteiger partial charge in [0.2, 0.25) is 12.0 Å². The molecule has 6 atom stereocenters. The maximum absolute atomic E-state index is 14.5. The Morgan fingerprint density at radius 3 is 2.26 bits per heavy atom. The lowest BCUT2D eigenvalue weighted by Gasteiger charge is -2.35. The number of thiophene rings is 1. The minimum atomic E-state index is -1.53. The molecule has 0 radical (unpaired) electrons. The Balaban J connectivity index is 0.802. The summed E-state index contributed by atoms with van der Waals surface area (Å²) in [5.74, 6) is -0.380. The molecule has 85 heavy (non-hydrogen) atoms. The Kier molecular flexibility index (Phi) is 16.5. The number of nitrogens with zero attached hydrogens (tertiary/aromatic N) is 7. The molecule has 1 N–H and O–H groups in total. The number of carboxylic acid groups (broad SMARTS) is 1. The average molecular weight is 1220 g/mol. The number of aromatic nitrogens is 4. The van der Waals surface area contributed by atoms with Crippen LogP contribution in [0, 0.1) is 29.8 Å². The van der Waals surface area contributed by atoms with Crippen LogP contribution in [0.2, 0.25) is 10.0 Å². The van der Waals surface area contributed by atoms with Gasteiger partial charge in [-0.25, -0.2) is 33.9 Å². The van der Waals surface area contributed by atoms with Crippen molar-refractivity contribution >= 4 is 62.4 Å². The quantitative estimate of drug-likeness (QED) is 0.0643. The van der Waals surface area contributed by atoms with Crippen molar-refractivity contribution in [1.29, 1.82) is 0 Å². The lowest BCUT2D eigenvalue weighted by Crippen LogP contribution is -2.49. The summed E-state index contributed by atoms with van der Waals surface area (Å²) < 4.78 is 64.9. The van der Waals surface area contributed by atoms with Crippen molar-refractivity contribution in [2.75, 3.05) is 59.6 Å². The molecule has 8 heterocycles. The molecule has 5 aromatic carbocycles. The van der Waals surface area contributed by atoms with Crippen molar-refractivity contribution in [1.82, 2.24) is 29.7 Å². The highest BCUT2D eigenvalue weighted by atomic mass is 35.5. The number of likely N-dealkylation sites (N-methyl/N-ethyl adjacent to an activating group) is 1. The number of fused-ring (bicyclic) bond motifs is 8. The van der Waals surface area contributed by atoms with E-state index in [1.54, 1.807) is 54.7 Å². The van der Waals surface area contributed by atoms with E-state index in [0.29, 0.717) is 89.3 Å². The van der Waals surface area contributed by atoms with E-state index in [1.807, 2.05) is 26.0 Å². The van der Waals surface area contributed by atoms with Crippen LogP contribution in [0.25, 0.3) is 43.2 Å². The molecule has 3 fully saturated rings. The van der Waals surface area contributed by atoms with Gasteiger partial charge in [0.05, 0.1) is 44.8 Å². The van der Waals surface area contributed by atoms with Crippen LogP contribution in [0.1, 0.15) is 32.7 Å². The van der Waals surface area contributed by atoms with Crippen molar-refractivity contribution in [3.8, 4) is 61.8 Å². The van der Waals surface area contributed by atoms with Crippen LogP contribution >= 0.6 is 34.5 Å². The second kappa shape index (κ2) is 24.5. The molecule has 20 nitrogen and oxygen atoms in total. The van der Waals surface area contributed by atoms with Gasteiger partial charge in [0.25, 0.3) is 5.69 Å². The molecule has 8 aromatic rings. The van der Waals surface area contributed by atoms with Gasteiger partial charge in [0, 0.05) is 79.0 Å². The largest absolute Gasteiger partial charge is 0.490 e. The minimum absolute atomic E-state index is 0.00979. The summed E-state index contributed by atoms with van der Waals surface area (Å²) in [6.07, 6.45) is -1.67. The third-order valence-electron chi connectivity index (χ3n) is 15.4. The summed E-state index contributed by atoms with van der Waals surface area (Å²) >= 11 is 16.0. The highest BCUT2D eigenvalue weighted by Gasteiger charge is 2.51. The highest BCUT2D eigenvalue weighted by molar-refractivity contribution is 7.22. The fourth-order valence-corrected chi connectivity index (χ4v) is 12.6. The van der Waals surface area contributed by atoms with E-state index < -0.39 is 59.3 Å². The van der Waals surface area contributed by atoms with Crippen molar-refractivity contribution in [2.24, 2.45) is 0 Å². The van der Waals surface area contributed by atoms with Crippen LogP contribution in [0.3, 0.4) is 0 Å². The number of non-ortho nitro benzene ring substituents is 1. The van der Waals surface area contributed by atoms with E-state index in [1.165, 1.54) is 54.1 Å². The zero-order valence-corrected chi connectivity index (χ0v) is 48.3. The summed E-state index contributed by atoms with van der Waals surface area (Å²) in [6.45, 7) is 7.85. The molecule has 0 amide bonds. The zero-order valence-electron chi connectivity index (χ0n) is 45.9. The molecular formula is C61H54Cl2FN7O13S. The first kappa shape index (κ1) is 57.3. The predicted octanol–water partition coefficient (Wildman–Crippen LogP) is 10.3. The van der Waals surface area contributed by atoms with E-state index in [2.05, 4.69) is 31.8 Å². The van der Waals surface area contributed by atoms with Crippen LogP contribution in [-0.4, -0.2) is 148 Å². The number of nitro benzene ring substituents is 1. The van der Waals surface area contributed by atoms with Crippen molar-refractivity contribution in [2.45, 2.75) is 63.5 Å². The number of carboxylic acids is 1. The first-order chi connectivity index (χ1) is 41.1. The van der Waals surface area contributed by atoms with Gasteiger partial charge >= 0.3 is 11.9 Å². The summed E-state index contributed by atoms with van der Waals surface area (Å²) in [5.41, 5.74) is 4.81. The number of hydrogen-bond acceptors (Lipinski definition) is 19. The number of hydrogen-bond donors (Lipinski definition) is 1. The molecule has 3 saturated heterocycles.